The van der Waals surface area contributed by atoms with Gasteiger partial charge in [0.1, 0.15) is 0 Å². The quantitative estimate of drug-likeness (QED) is 0.409. The average Bonchev–Trinajstić information content (AvgIpc) is 2.45. The molecule has 0 atom stereocenters. The standard InChI is InChI=1S/C17H36O5/c1-5-6-7-8-18-9-10-19-11-12-20-13-14-21-15-16-22-17(2,3)4/h5-16H2,1-4H3. The van der Waals surface area contributed by atoms with Crippen molar-refractivity contribution in [2.45, 2.75) is 52.6 Å². The van der Waals surface area contributed by atoms with E-state index in [0.29, 0.717) is 52.9 Å². The summed E-state index contributed by atoms with van der Waals surface area (Å²) in [5.74, 6) is 0. The molecule has 0 rings (SSSR count). The third kappa shape index (κ3) is 19.8. The van der Waals surface area contributed by atoms with Gasteiger partial charge in [0.15, 0.2) is 0 Å². The lowest BCUT2D eigenvalue weighted by molar-refractivity contribution is -0.0460. The minimum atomic E-state index is -0.100. The Hall–Kier alpha value is -0.200. The number of rotatable bonds is 16. The minimum Gasteiger partial charge on any atom is -0.379 e. The van der Waals surface area contributed by atoms with E-state index in [1.54, 1.807) is 0 Å². The molecule has 0 N–H and O–H groups in total. The zero-order valence-electron chi connectivity index (χ0n) is 15.0. The molecule has 5 heteroatoms. The van der Waals surface area contributed by atoms with Crippen molar-refractivity contribution in [1.29, 1.82) is 0 Å². The first-order valence-electron chi connectivity index (χ1n) is 8.51. The predicted molar refractivity (Wildman–Crippen MR) is 88.5 cm³/mol. The van der Waals surface area contributed by atoms with Gasteiger partial charge >= 0.3 is 0 Å². The highest BCUT2D eigenvalue weighted by molar-refractivity contribution is 4.57. The molecule has 0 amide bonds. The molecule has 0 heterocycles. The van der Waals surface area contributed by atoms with Crippen molar-refractivity contribution in [3.05, 3.63) is 0 Å². The second-order valence-corrected chi connectivity index (χ2v) is 6.12. The summed E-state index contributed by atoms with van der Waals surface area (Å²) in [6.07, 6.45) is 3.60. The Labute approximate surface area is 136 Å². The SMILES string of the molecule is CCCCCOCCOCCOCCOCCOC(C)(C)C. The Kier molecular flexibility index (Phi) is 15.5. The lowest BCUT2D eigenvalue weighted by atomic mass is 10.2. The van der Waals surface area contributed by atoms with Crippen LogP contribution < -0.4 is 0 Å². The predicted octanol–water partition coefficient (Wildman–Crippen LogP) is 3.06. The van der Waals surface area contributed by atoms with Crippen LogP contribution in [0.4, 0.5) is 0 Å². The van der Waals surface area contributed by atoms with Crippen molar-refractivity contribution in [2.24, 2.45) is 0 Å². The molecule has 0 fully saturated rings. The fraction of sp³-hybridized carbons (Fsp3) is 1.00. The van der Waals surface area contributed by atoms with E-state index in [0.717, 1.165) is 13.0 Å². The van der Waals surface area contributed by atoms with Crippen molar-refractivity contribution in [3.8, 4) is 0 Å². The van der Waals surface area contributed by atoms with E-state index in [2.05, 4.69) is 6.92 Å². The van der Waals surface area contributed by atoms with Gasteiger partial charge in [0.2, 0.25) is 0 Å². The molecule has 5 nitrogen and oxygen atoms in total. The highest BCUT2D eigenvalue weighted by atomic mass is 16.6. The van der Waals surface area contributed by atoms with E-state index in [1.165, 1.54) is 12.8 Å². The zero-order valence-corrected chi connectivity index (χ0v) is 15.0. The molecule has 0 aliphatic carbocycles. The maximum Gasteiger partial charge on any atom is 0.0707 e. The van der Waals surface area contributed by atoms with Crippen LogP contribution in [0.3, 0.4) is 0 Å². The summed E-state index contributed by atoms with van der Waals surface area (Å²) < 4.78 is 27.2. The number of hydrogen-bond donors (Lipinski definition) is 0. The van der Waals surface area contributed by atoms with Gasteiger partial charge in [-0.1, -0.05) is 19.8 Å². The minimum absolute atomic E-state index is 0.100. The van der Waals surface area contributed by atoms with E-state index in [-0.39, 0.29) is 5.60 Å². The van der Waals surface area contributed by atoms with Crippen molar-refractivity contribution in [2.75, 3.05) is 59.5 Å². The summed E-state index contributed by atoms with van der Waals surface area (Å²) in [5, 5.41) is 0. The van der Waals surface area contributed by atoms with Gasteiger partial charge in [0.05, 0.1) is 58.5 Å². The van der Waals surface area contributed by atoms with Crippen LogP contribution in [0.5, 0.6) is 0 Å². The van der Waals surface area contributed by atoms with Crippen molar-refractivity contribution < 1.29 is 23.7 Å². The summed E-state index contributed by atoms with van der Waals surface area (Å²) in [6, 6.07) is 0. The van der Waals surface area contributed by atoms with Crippen LogP contribution in [0, 0.1) is 0 Å². The summed E-state index contributed by atoms with van der Waals surface area (Å²) in [5.41, 5.74) is -0.100. The molecule has 0 radical (unpaired) electrons. The van der Waals surface area contributed by atoms with Gasteiger partial charge in [-0.2, -0.15) is 0 Å². The molecule has 22 heavy (non-hydrogen) atoms. The molecule has 0 unspecified atom stereocenters. The van der Waals surface area contributed by atoms with Gasteiger partial charge in [0.25, 0.3) is 0 Å². The molecule has 0 aromatic carbocycles. The molecule has 0 saturated heterocycles. The maximum absolute atomic E-state index is 5.55. The van der Waals surface area contributed by atoms with Crippen LogP contribution in [-0.2, 0) is 23.7 Å². The van der Waals surface area contributed by atoms with Crippen LogP contribution in [0.25, 0.3) is 0 Å². The average molecular weight is 320 g/mol. The fourth-order valence-electron chi connectivity index (χ4n) is 1.62. The Bertz CT molecular complexity index is 216. The van der Waals surface area contributed by atoms with Crippen LogP contribution in [0.15, 0.2) is 0 Å². The molecule has 0 spiro atoms. The third-order valence-electron chi connectivity index (χ3n) is 2.77. The van der Waals surface area contributed by atoms with Gasteiger partial charge in [0, 0.05) is 6.61 Å². The van der Waals surface area contributed by atoms with E-state index < -0.39 is 0 Å². The molecule has 0 bridgehead atoms. The zero-order chi connectivity index (χ0) is 16.5. The number of ether oxygens (including phenoxy) is 5. The summed E-state index contributed by atoms with van der Waals surface area (Å²) >= 11 is 0. The molecule has 0 aliphatic rings. The topological polar surface area (TPSA) is 46.2 Å². The second kappa shape index (κ2) is 15.7. The van der Waals surface area contributed by atoms with E-state index in [4.69, 9.17) is 23.7 Å². The van der Waals surface area contributed by atoms with Crippen molar-refractivity contribution in [3.63, 3.8) is 0 Å². The number of hydrogen-bond acceptors (Lipinski definition) is 5. The van der Waals surface area contributed by atoms with Crippen molar-refractivity contribution >= 4 is 0 Å². The van der Waals surface area contributed by atoms with Crippen LogP contribution in [-0.4, -0.2) is 65.1 Å². The van der Waals surface area contributed by atoms with E-state index in [1.807, 2.05) is 20.8 Å². The maximum atomic E-state index is 5.55. The Morgan fingerprint density at radius 3 is 1.36 bits per heavy atom. The summed E-state index contributed by atoms with van der Waals surface area (Å²) in [7, 11) is 0. The first kappa shape index (κ1) is 21.8. The molecular formula is C17H36O5. The van der Waals surface area contributed by atoms with Gasteiger partial charge in [-0.25, -0.2) is 0 Å². The molecule has 0 aliphatic heterocycles. The normalized spacial score (nSPS) is 12.0. The monoisotopic (exact) mass is 320 g/mol. The van der Waals surface area contributed by atoms with E-state index in [9.17, 15) is 0 Å². The summed E-state index contributed by atoms with van der Waals surface area (Å²) in [6.45, 7) is 14.0. The first-order chi connectivity index (χ1) is 10.6. The lowest BCUT2D eigenvalue weighted by Crippen LogP contribution is -2.22. The fourth-order valence-corrected chi connectivity index (χ4v) is 1.62. The lowest BCUT2D eigenvalue weighted by Gasteiger charge is -2.19. The molecular weight excluding hydrogens is 284 g/mol. The molecule has 134 valence electrons. The van der Waals surface area contributed by atoms with Crippen molar-refractivity contribution in [1.82, 2.24) is 0 Å². The van der Waals surface area contributed by atoms with E-state index >= 15 is 0 Å². The van der Waals surface area contributed by atoms with Gasteiger partial charge in [-0.3, -0.25) is 0 Å². The van der Waals surface area contributed by atoms with Gasteiger partial charge < -0.3 is 23.7 Å². The number of unbranched alkanes of at least 4 members (excludes halogenated alkanes) is 2. The van der Waals surface area contributed by atoms with Gasteiger partial charge in [-0.05, 0) is 27.2 Å². The van der Waals surface area contributed by atoms with Crippen LogP contribution in [0.1, 0.15) is 47.0 Å². The highest BCUT2D eigenvalue weighted by Crippen LogP contribution is 2.05. The largest absolute Gasteiger partial charge is 0.379 e. The second-order valence-electron chi connectivity index (χ2n) is 6.12. The Morgan fingerprint density at radius 1 is 0.545 bits per heavy atom. The first-order valence-corrected chi connectivity index (χ1v) is 8.51. The third-order valence-corrected chi connectivity index (χ3v) is 2.77. The highest BCUT2D eigenvalue weighted by Gasteiger charge is 2.08. The smallest absolute Gasteiger partial charge is 0.0707 e. The van der Waals surface area contributed by atoms with Crippen LogP contribution >= 0.6 is 0 Å². The Balaban J connectivity index is 3.00. The molecule has 0 aromatic heterocycles. The molecule has 0 saturated carbocycles. The summed E-state index contributed by atoms with van der Waals surface area (Å²) in [4.78, 5) is 0. The molecule has 0 aromatic rings. The Morgan fingerprint density at radius 2 is 0.955 bits per heavy atom. The van der Waals surface area contributed by atoms with Gasteiger partial charge in [-0.15, -0.1) is 0 Å². The van der Waals surface area contributed by atoms with Crippen LogP contribution in [0.2, 0.25) is 0 Å².